The molecule has 0 aliphatic carbocycles. The molecule has 1 unspecified atom stereocenters. The van der Waals surface area contributed by atoms with Crippen molar-refractivity contribution in [2.24, 2.45) is 0 Å². The normalized spacial score (nSPS) is 13.3. The van der Waals surface area contributed by atoms with Gasteiger partial charge in [0, 0.05) is 6.04 Å². The van der Waals surface area contributed by atoms with Crippen molar-refractivity contribution in [2.45, 2.75) is 26.3 Å². The molecule has 0 saturated heterocycles. The molecule has 0 saturated carbocycles. The van der Waals surface area contributed by atoms with Crippen LogP contribution in [0.4, 0.5) is 0 Å². The molecule has 1 atom stereocenters. The van der Waals surface area contributed by atoms with Crippen molar-refractivity contribution >= 4 is 22.8 Å². The van der Waals surface area contributed by atoms with E-state index < -0.39 is 0 Å². The SMILES string of the molecule is CCC(C)n1cnc2c(=O)[nH]c(Cl)nc21. The van der Waals surface area contributed by atoms with Gasteiger partial charge in [0.25, 0.3) is 5.56 Å². The molecule has 0 radical (unpaired) electrons. The summed E-state index contributed by atoms with van der Waals surface area (Å²) in [6.07, 6.45) is 2.56. The van der Waals surface area contributed by atoms with Crippen LogP contribution < -0.4 is 5.56 Å². The fraction of sp³-hybridized carbons (Fsp3) is 0.444. The van der Waals surface area contributed by atoms with Crippen molar-refractivity contribution in [1.82, 2.24) is 19.5 Å². The van der Waals surface area contributed by atoms with Crippen LogP contribution in [0.5, 0.6) is 0 Å². The second kappa shape index (κ2) is 3.66. The third-order valence-electron chi connectivity index (χ3n) is 2.47. The number of nitrogens with zero attached hydrogens (tertiary/aromatic N) is 3. The van der Waals surface area contributed by atoms with Gasteiger partial charge in [0.1, 0.15) is 0 Å². The first-order valence-corrected chi connectivity index (χ1v) is 5.13. The largest absolute Gasteiger partial charge is 0.312 e. The van der Waals surface area contributed by atoms with E-state index in [4.69, 9.17) is 11.6 Å². The van der Waals surface area contributed by atoms with Crippen LogP contribution in [0.25, 0.3) is 11.2 Å². The minimum atomic E-state index is -0.299. The summed E-state index contributed by atoms with van der Waals surface area (Å²) in [6, 6.07) is 0.250. The molecule has 0 fully saturated rings. The van der Waals surface area contributed by atoms with Crippen LogP contribution in [0.3, 0.4) is 0 Å². The molecule has 5 nitrogen and oxygen atoms in total. The summed E-state index contributed by atoms with van der Waals surface area (Å²) in [6.45, 7) is 4.10. The lowest BCUT2D eigenvalue weighted by Gasteiger charge is -2.10. The fourth-order valence-electron chi connectivity index (χ4n) is 1.42. The summed E-state index contributed by atoms with van der Waals surface area (Å²) in [4.78, 5) is 22.0. The Morgan fingerprint density at radius 1 is 1.67 bits per heavy atom. The number of H-pyrrole nitrogens is 1. The minimum Gasteiger partial charge on any atom is -0.312 e. The van der Waals surface area contributed by atoms with Crippen LogP contribution >= 0.6 is 11.6 Å². The van der Waals surface area contributed by atoms with E-state index in [2.05, 4.69) is 21.9 Å². The van der Waals surface area contributed by atoms with Gasteiger partial charge in [-0.15, -0.1) is 0 Å². The molecule has 2 heterocycles. The number of aromatic nitrogens is 4. The molecule has 2 aromatic heterocycles. The molecule has 2 aromatic rings. The average molecular weight is 227 g/mol. The maximum Gasteiger partial charge on any atom is 0.280 e. The number of nitrogens with one attached hydrogen (secondary N) is 1. The van der Waals surface area contributed by atoms with Crippen LogP contribution in [0.1, 0.15) is 26.3 Å². The fourth-order valence-corrected chi connectivity index (χ4v) is 1.58. The number of aromatic amines is 1. The first-order chi connectivity index (χ1) is 7.13. The summed E-state index contributed by atoms with van der Waals surface area (Å²) in [5.74, 6) is 0. The van der Waals surface area contributed by atoms with Gasteiger partial charge in [-0.05, 0) is 24.9 Å². The number of hydrogen-bond donors (Lipinski definition) is 1. The summed E-state index contributed by atoms with van der Waals surface area (Å²) in [5, 5.41) is 0.0950. The van der Waals surface area contributed by atoms with E-state index in [-0.39, 0.29) is 16.9 Å². The molecule has 6 heteroatoms. The molecule has 80 valence electrons. The van der Waals surface area contributed by atoms with E-state index in [0.29, 0.717) is 11.2 Å². The molecule has 0 amide bonds. The quantitative estimate of drug-likeness (QED) is 0.794. The van der Waals surface area contributed by atoms with Gasteiger partial charge in [0.15, 0.2) is 11.2 Å². The molecule has 1 N–H and O–H groups in total. The third kappa shape index (κ3) is 1.63. The summed E-state index contributed by atoms with van der Waals surface area (Å²) >= 11 is 5.69. The van der Waals surface area contributed by atoms with Gasteiger partial charge in [-0.1, -0.05) is 6.92 Å². The predicted octanol–water partition coefficient (Wildman–Crippen LogP) is 1.74. The van der Waals surface area contributed by atoms with E-state index in [1.807, 2.05) is 11.5 Å². The van der Waals surface area contributed by atoms with Crippen molar-refractivity contribution in [3.63, 3.8) is 0 Å². The van der Waals surface area contributed by atoms with Crippen molar-refractivity contribution in [1.29, 1.82) is 0 Å². The van der Waals surface area contributed by atoms with E-state index in [1.165, 1.54) is 0 Å². The highest BCUT2D eigenvalue weighted by molar-refractivity contribution is 6.28. The van der Waals surface area contributed by atoms with Crippen LogP contribution in [0.2, 0.25) is 5.28 Å². The topological polar surface area (TPSA) is 63.6 Å². The van der Waals surface area contributed by atoms with Gasteiger partial charge in [-0.25, -0.2) is 4.98 Å². The molecule has 2 rings (SSSR count). The highest BCUT2D eigenvalue weighted by Crippen LogP contribution is 2.16. The summed E-state index contributed by atoms with van der Waals surface area (Å²) in [7, 11) is 0. The van der Waals surface area contributed by atoms with Crippen LogP contribution in [0, 0.1) is 0 Å². The molecule has 0 aliphatic heterocycles. The monoisotopic (exact) mass is 226 g/mol. The van der Waals surface area contributed by atoms with Crippen LogP contribution in [-0.4, -0.2) is 19.5 Å². The Hall–Kier alpha value is -1.36. The zero-order valence-corrected chi connectivity index (χ0v) is 9.25. The Kier molecular flexibility index (Phi) is 2.48. The van der Waals surface area contributed by atoms with E-state index >= 15 is 0 Å². The smallest absolute Gasteiger partial charge is 0.280 e. The first kappa shape index (κ1) is 10.2. The minimum absolute atomic E-state index is 0.0950. The first-order valence-electron chi connectivity index (χ1n) is 4.75. The lowest BCUT2D eigenvalue weighted by Crippen LogP contribution is -2.10. The van der Waals surface area contributed by atoms with Crippen LogP contribution in [0.15, 0.2) is 11.1 Å². The molecule has 0 bridgehead atoms. The van der Waals surface area contributed by atoms with Crippen molar-refractivity contribution < 1.29 is 0 Å². The Morgan fingerprint density at radius 2 is 2.40 bits per heavy atom. The Balaban J connectivity index is 2.74. The summed E-state index contributed by atoms with van der Waals surface area (Å²) < 4.78 is 1.86. The highest BCUT2D eigenvalue weighted by atomic mass is 35.5. The highest BCUT2D eigenvalue weighted by Gasteiger charge is 2.12. The lowest BCUT2D eigenvalue weighted by atomic mass is 10.2. The molecule has 0 spiro atoms. The molecular weight excluding hydrogens is 216 g/mol. The number of imidazole rings is 1. The Labute approximate surface area is 91.1 Å². The van der Waals surface area contributed by atoms with E-state index in [1.54, 1.807) is 6.33 Å². The van der Waals surface area contributed by atoms with Gasteiger partial charge in [-0.2, -0.15) is 4.98 Å². The summed E-state index contributed by atoms with van der Waals surface area (Å²) in [5.41, 5.74) is 0.574. The number of halogens is 1. The average Bonchev–Trinajstić information content (AvgIpc) is 2.60. The maximum atomic E-state index is 11.5. The Bertz CT molecular complexity index is 545. The zero-order valence-electron chi connectivity index (χ0n) is 8.49. The Morgan fingerprint density at radius 3 is 3.07 bits per heavy atom. The second-order valence-corrected chi connectivity index (χ2v) is 3.80. The van der Waals surface area contributed by atoms with Gasteiger partial charge < -0.3 is 4.57 Å². The van der Waals surface area contributed by atoms with Crippen molar-refractivity contribution in [2.75, 3.05) is 0 Å². The van der Waals surface area contributed by atoms with Gasteiger partial charge in [0.2, 0.25) is 5.28 Å². The van der Waals surface area contributed by atoms with Crippen LogP contribution in [-0.2, 0) is 0 Å². The van der Waals surface area contributed by atoms with Gasteiger partial charge in [-0.3, -0.25) is 9.78 Å². The maximum absolute atomic E-state index is 11.5. The molecule has 15 heavy (non-hydrogen) atoms. The standard InChI is InChI=1S/C9H11ClN4O/c1-3-5(2)14-4-11-6-7(14)12-9(10)13-8(6)15/h4-5H,3H2,1-2H3,(H,12,13,15). The zero-order chi connectivity index (χ0) is 11.0. The van der Waals surface area contributed by atoms with Crippen molar-refractivity contribution in [3.8, 4) is 0 Å². The number of fused-ring (bicyclic) bond motifs is 1. The van der Waals surface area contributed by atoms with Gasteiger partial charge >= 0.3 is 0 Å². The molecular formula is C9H11ClN4O. The van der Waals surface area contributed by atoms with Gasteiger partial charge in [0.05, 0.1) is 6.33 Å². The molecule has 0 aliphatic rings. The molecule has 0 aromatic carbocycles. The third-order valence-corrected chi connectivity index (χ3v) is 2.65. The second-order valence-electron chi connectivity index (χ2n) is 3.44. The lowest BCUT2D eigenvalue weighted by molar-refractivity contribution is 0.541. The number of rotatable bonds is 2. The van der Waals surface area contributed by atoms with E-state index in [0.717, 1.165) is 6.42 Å². The number of hydrogen-bond acceptors (Lipinski definition) is 3. The van der Waals surface area contributed by atoms with Crippen molar-refractivity contribution in [3.05, 3.63) is 22.0 Å². The van der Waals surface area contributed by atoms with E-state index in [9.17, 15) is 4.79 Å². The predicted molar refractivity (Wildman–Crippen MR) is 58.2 cm³/mol.